The van der Waals surface area contributed by atoms with E-state index in [0.29, 0.717) is 18.7 Å². The maximum atomic E-state index is 13.4. The minimum Gasteiger partial charge on any atom is -0.338 e. The molecule has 30 heavy (non-hydrogen) atoms. The molecular formula is C24H29ClN4O. The summed E-state index contributed by atoms with van der Waals surface area (Å²) in [5.74, 6) is 0.0268. The third-order valence-corrected chi connectivity index (χ3v) is 5.94. The second-order valence-corrected chi connectivity index (χ2v) is 8.21. The molecule has 1 aliphatic heterocycles. The Bertz CT molecular complexity index is 1000. The topological polar surface area (TPSA) is 64.2 Å². The fourth-order valence-corrected chi connectivity index (χ4v) is 3.89. The van der Waals surface area contributed by atoms with Crippen molar-refractivity contribution in [3.8, 4) is 16.9 Å². The summed E-state index contributed by atoms with van der Waals surface area (Å²) in [4.78, 5) is 15.4. The number of likely N-dealkylation sites (tertiary alicyclic amines) is 1. The number of halogens is 1. The Morgan fingerprint density at radius 2 is 1.83 bits per heavy atom. The molecule has 1 saturated heterocycles. The number of carbonyl (C=O) groups is 1. The largest absolute Gasteiger partial charge is 0.338 e. The summed E-state index contributed by atoms with van der Waals surface area (Å²) in [6.07, 6.45) is 3.78. The quantitative estimate of drug-likeness (QED) is 0.662. The highest BCUT2D eigenvalue weighted by atomic mass is 35.5. The van der Waals surface area contributed by atoms with Crippen molar-refractivity contribution in [1.82, 2.24) is 14.7 Å². The molecule has 0 radical (unpaired) electrons. The Morgan fingerprint density at radius 1 is 1.13 bits per heavy atom. The van der Waals surface area contributed by atoms with Crippen LogP contribution < -0.4 is 5.73 Å². The van der Waals surface area contributed by atoms with Crippen molar-refractivity contribution in [3.63, 3.8) is 0 Å². The lowest BCUT2D eigenvalue weighted by Crippen LogP contribution is -2.34. The van der Waals surface area contributed by atoms with Crippen LogP contribution in [0.15, 0.2) is 60.8 Å². The van der Waals surface area contributed by atoms with E-state index >= 15 is 0 Å². The van der Waals surface area contributed by atoms with Gasteiger partial charge in [0, 0.05) is 24.8 Å². The Kier molecular flexibility index (Phi) is 6.64. The molecule has 2 aromatic carbocycles. The summed E-state index contributed by atoms with van der Waals surface area (Å²) in [6.45, 7) is 6.30. The molecule has 2 N–H and O–H groups in total. The van der Waals surface area contributed by atoms with Gasteiger partial charge in [0.2, 0.25) is 0 Å². The Hall–Kier alpha value is -2.63. The fourth-order valence-electron chi connectivity index (χ4n) is 3.89. The Morgan fingerprint density at radius 3 is 2.43 bits per heavy atom. The lowest BCUT2D eigenvalue weighted by molar-refractivity contribution is 0.0777. The normalized spacial score (nSPS) is 18.3. The highest BCUT2D eigenvalue weighted by Crippen LogP contribution is 2.32. The molecule has 5 nitrogen and oxygen atoms in total. The molecule has 2 heterocycles. The van der Waals surface area contributed by atoms with E-state index in [0.717, 1.165) is 36.3 Å². The second kappa shape index (κ2) is 9.02. The molecule has 4 rings (SSSR count). The molecule has 1 amide bonds. The molecule has 0 aliphatic carbocycles. The SMILES string of the molecule is CCc1ccc(-c2nn(-c3ccccc3)cc2C(=O)N2CCC(C)(CN)C2)cc1.Cl. The van der Waals surface area contributed by atoms with Crippen molar-refractivity contribution in [2.45, 2.75) is 26.7 Å². The van der Waals surface area contributed by atoms with E-state index in [9.17, 15) is 4.79 Å². The minimum atomic E-state index is -0.00593. The van der Waals surface area contributed by atoms with E-state index in [2.05, 4.69) is 38.1 Å². The first kappa shape index (κ1) is 22.1. The number of amides is 1. The van der Waals surface area contributed by atoms with E-state index in [1.54, 1.807) is 4.68 Å². The van der Waals surface area contributed by atoms with Crippen molar-refractivity contribution in [1.29, 1.82) is 0 Å². The maximum Gasteiger partial charge on any atom is 0.257 e. The second-order valence-electron chi connectivity index (χ2n) is 8.21. The van der Waals surface area contributed by atoms with Gasteiger partial charge in [-0.15, -0.1) is 12.4 Å². The monoisotopic (exact) mass is 424 g/mol. The number of aryl methyl sites for hydroxylation is 1. The van der Waals surface area contributed by atoms with E-state index in [-0.39, 0.29) is 23.7 Å². The van der Waals surface area contributed by atoms with Gasteiger partial charge in [-0.05, 0) is 42.5 Å². The van der Waals surface area contributed by atoms with Gasteiger partial charge in [-0.1, -0.05) is 56.3 Å². The molecule has 0 spiro atoms. The van der Waals surface area contributed by atoms with Crippen LogP contribution in [0.4, 0.5) is 0 Å². The zero-order valence-corrected chi connectivity index (χ0v) is 18.4. The molecule has 0 bridgehead atoms. The van der Waals surface area contributed by atoms with E-state index < -0.39 is 0 Å². The Labute approximate surface area is 184 Å². The highest BCUT2D eigenvalue weighted by Gasteiger charge is 2.36. The molecule has 1 unspecified atom stereocenters. The fraction of sp³-hybridized carbons (Fsp3) is 0.333. The molecular weight excluding hydrogens is 396 g/mol. The zero-order chi connectivity index (χ0) is 20.4. The third-order valence-electron chi connectivity index (χ3n) is 5.94. The summed E-state index contributed by atoms with van der Waals surface area (Å²) in [7, 11) is 0. The van der Waals surface area contributed by atoms with Crippen molar-refractivity contribution in [3.05, 3.63) is 71.9 Å². The lowest BCUT2D eigenvalue weighted by Gasteiger charge is -2.22. The van der Waals surface area contributed by atoms with Crippen molar-refractivity contribution < 1.29 is 4.79 Å². The van der Waals surface area contributed by atoms with Gasteiger partial charge in [0.05, 0.1) is 11.3 Å². The number of nitrogens with zero attached hydrogens (tertiary/aromatic N) is 3. The number of carbonyl (C=O) groups excluding carboxylic acids is 1. The van der Waals surface area contributed by atoms with Crippen molar-refractivity contribution in [2.75, 3.05) is 19.6 Å². The van der Waals surface area contributed by atoms with Gasteiger partial charge in [0.1, 0.15) is 5.69 Å². The highest BCUT2D eigenvalue weighted by molar-refractivity contribution is 6.00. The van der Waals surface area contributed by atoms with Gasteiger partial charge >= 0.3 is 0 Å². The summed E-state index contributed by atoms with van der Waals surface area (Å²) in [6, 6.07) is 18.2. The average molecular weight is 425 g/mol. The van der Waals surface area contributed by atoms with Crippen LogP contribution in [0.5, 0.6) is 0 Å². The molecule has 1 fully saturated rings. The summed E-state index contributed by atoms with van der Waals surface area (Å²) >= 11 is 0. The van der Waals surface area contributed by atoms with Gasteiger partial charge in [-0.2, -0.15) is 5.10 Å². The summed E-state index contributed by atoms with van der Waals surface area (Å²) in [5, 5.41) is 4.80. The molecule has 1 aliphatic rings. The van der Waals surface area contributed by atoms with Crippen LogP contribution >= 0.6 is 12.4 Å². The van der Waals surface area contributed by atoms with Crippen LogP contribution in [0, 0.1) is 5.41 Å². The first-order valence-corrected chi connectivity index (χ1v) is 10.3. The number of rotatable bonds is 5. The average Bonchev–Trinajstić information content (AvgIpc) is 3.39. The number of aromatic nitrogens is 2. The van der Waals surface area contributed by atoms with Crippen LogP contribution in [-0.4, -0.2) is 40.2 Å². The van der Waals surface area contributed by atoms with E-state index in [1.807, 2.05) is 41.4 Å². The van der Waals surface area contributed by atoms with Crippen LogP contribution in [0.25, 0.3) is 16.9 Å². The molecule has 1 atom stereocenters. The maximum absolute atomic E-state index is 13.4. The number of benzene rings is 2. The van der Waals surface area contributed by atoms with Crippen LogP contribution in [-0.2, 0) is 6.42 Å². The molecule has 6 heteroatoms. The van der Waals surface area contributed by atoms with Gasteiger partial charge in [0.15, 0.2) is 0 Å². The number of para-hydroxylation sites is 1. The predicted octanol–water partition coefficient (Wildman–Crippen LogP) is 4.33. The van der Waals surface area contributed by atoms with Gasteiger partial charge in [0.25, 0.3) is 5.91 Å². The third kappa shape index (κ3) is 4.27. The molecule has 158 valence electrons. The summed E-state index contributed by atoms with van der Waals surface area (Å²) < 4.78 is 1.80. The lowest BCUT2D eigenvalue weighted by atomic mass is 9.90. The zero-order valence-electron chi connectivity index (χ0n) is 17.5. The van der Waals surface area contributed by atoms with Gasteiger partial charge in [-0.3, -0.25) is 4.79 Å². The standard InChI is InChI=1S/C24H28N4O.ClH/c1-3-18-9-11-19(12-10-18)22-21(15-28(26-22)20-7-5-4-6-8-20)23(29)27-14-13-24(2,16-25)17-27;/h4-12,15H,3,13-14,16-17,25H2,1-2H3;1H. The molecule has 3 aromatic rings. The van der Waals surface area contributed by atoms with Crippen LogP contribution in [0.3, 0.4) is 0 Å². The smallest absolute Gasteiger partial charge is 0.257 e. The predicted molar refractivity (Wildman–Crippen MR) is 123 cm³/mol. The van der Waals surface area contributed by atoms with Crippen LogP contribution in [0.2, 0.25) is 0 Å². The van der Waals surface area contributed by atoms with Crippen molar-refractivity contribution >= 4 is 18.3 Å². The first-order valence-electron chi connectivity index (χ1n) is 10.3. The molecule has 1 aromatic heterocycles. The first-order chi connectivity index (χ1) is 14.0. The Balaban J connectivity index is 0.00000256. The number of hydrogen-bond acceptors (Lipinski definition) is 3. The van der Waals surface area contributed by atoms with Gasteiger partial charge < -0.3 is 10.6 Å². The van der Waals surface area contributed by atoms with Gasteiger partial charge in [-0.25, -0.2) is 4.68 Å². The van der Waals surface area contributed by atoms with E-state index in [1.165, 1.54) is 5.56 Å². The van der Waals surface area contributed by atoms with E-state index in [4.69, 9.17) is 10.8 Å². The molecule has 0 saturated carbocycles. The number of hydrogen-bond donors (Lipinski definition) is 1. The minimum absolute atomic E-state index is 0. The van der Waals surface area contributed by atoms with Crippen molar-refractivity contribution in [2.24, 2.45) is 11.1 Å². The summed E-state index contributed by atoms with van der Waals surface area (Å²) in [5.41, 5.74) is 10.5. The van der Waals surface area contributed by atoms with Crippen LogP contribution in [0.1, 0.15) is 36.2 Å². The number of nitrogens with two attached hydrogens (primary N) is 1.